The molecule has 0 bridgehead atoms. The smallest absolute Gasteiger partial charge is 0.261 e. The van der Waals surface area contributed by atoms with Gasteiger partial charge in [-0.25, -0.2) is 14.4 Å². The molecule has 1 aliphatic heterocycles. The first-order chi connectivity index (χ1) is 12.6. The predicted molar refractivity (Wildman–Crippen MR) is 98.5 cm³/mol. The Morgan fingerprint density at radius 3 is 2.69 bits per heavy atom. The molecule has 0 spiro atoms. The van der Waals surface area contributed by atoms with E-state index in [9.17, 15) is 9.18 Å². The van der Waals surface area contributed by atoms with Crippen LogP contribution in [0.5, 0.6) is 0 Å². The summed E-state index contributed by atoms with van der Waals surface area (Å²) in [6, 6.07) is 12.1. The van der Waals surface area contributed by atoms with Crippen molar-refractivity contribution >= 4 is 34.8 Å². The van der Waals surface area contributed by atoms with Crippen molar-refractivity contribution in [3.8, 4) is 0 Å². The van der Waals surface area contributed by atoms with Crippen molar-refractivity contribution in [3.63, 3.8) is 0 Å². The van der Waals surface area contributed by atoms with E-state index in [1.54, 1.807) is 4.90 Å². The summed E-state index contributed by atoms with van der Waals surface area (Å²) >= 11 is 5.75. The number of aromatic nitrogens is 2. The molecule has 1 amide bonds. The molecule has 2 aromatic carbocycles. The Bertz CT molecular complexity index is 978. The first kappa shape index (κ1) is 16.5. The van der Waals surface area contributed by atoms with Gasteiger partial charge >= 0.3 is 0 Å². The summed E-state index contributed by atoms with van der Waals surface area (Å²) < 4.78 is 13.2. The fraction of sp³-hybridized carbons (Fsp3) is 0.105. The molecule has 0 radical (unpaired) electrons. The van der Waals surface area contributed by atoms with Gasteiger partial charge in [0.15, 0.2) is 0 Å². The Balaban J connectivity index is 1.51. The van der Waals surface area contributed by atoms with Gasteiger partial charge in [0.1, 0.15) is 5.82 Å². The maximum absolute atomic E-state index is 13.2. The third kappa shape index (κ3) is 3.11. The minimum absolute atomic E-state index is 0.00879. The number of amides is 1. The molecule has 2 heterocycles. The van der Waals surface area contributed by atoms with Gasteiger partial charge < -0.3 is 10.2 Å². The lowest BCUT2D eigenvalue weighted by molar-refractivity contribution is 0.0988. The van der Waals surface area contributed by atoms with Crippen LogP contribution in [0.2, 0.25) is 5.02 Å². The number of nitrogens with one attached hydrogen (secondary N) is 1. The van der Waals surface area contributed by atoms with E-state index in [-0.39, 0.29) is 10.9 Å². The molecule has 5 nitrogen and oxygen atoms in total. The number of para-hydroxylation sites is 1. The van der Waals surface area contributed by atoms with Crippen LogP contribution in [0, 0.1) is 5.82 Å². The lowest BCUT2D eigenvalue weighted by Gasteiger charge is -2.17. The molecule has 0 unspecified atom stereocenters. The number of carbonyl (C=O) groups excluding carboxylic acids is 1. The third-order valence-corrected chi connectivity index (χ3v) is 4.50. The van der Waals surface area contributed by atoms with Crippen molar-refractivity contribution in [2.75, 3.05) is 16.8 Å². The van der Waals surface area contributed by atoms with Crippen molar-refractivity contribution in [3.05, 3.63) is 76.8 Å². The van der Waals surface area contributed by atoms with Gasteiger partial charge in [-0.2, -0.15) is 0 Å². The molecule has 4 rings (SSSR count). The monoisotopic (exact) mass is 368 g/mol. The number of halogens is 2. The molecule has 0 saturated heterocycles. The van der Waals surface area contributed by atoms with Crippen LogP contribution in [0.1, 0.15) is 15.9 Å². The van der Waals surface area contributed by atoms with Crippen molar-refractivity contribution < 1.29 is 9.18 Å². The van der Waals surface area contributed by atoms with E-state index >= 15 is 0 Å². The van der Waals surface area contributed by atoms with Gasteiger partial charge in [0.05, 0.1) is 10.6 Å². The van der Waals surface area contributed by atoms with Gasteiger partial charge in [-0.1, -0.05) is 29.8 Å². The molecule has 1 N–H and O–H groups in total. The van der Waals surface area contributed by atoms with Gasteiger partial charge in [-0.05, 0) is 36.2 Å². The second-order valence-electron chi connectivity index (χ2n) is 5.88. The Morgan fingerprint density at radius 2 is 1.92 bits per heavy atom. The van der Waals surface area contributed by atoms with Crippen LogP contribution in [-0.2, 0) is 6.42 Å². The van der Waals surface area contributed by atoms with Crippen LogP contribution in [0.15, 0.2) is 54.9 Å². The lowest BCUT2D eigenvalue weighted by Crippen LogP contribution is -2.29. The van der Waals surface area contributed by atoms with Crippen LogP contribution >= 0.6 is 11.6 Å². The van der Waals surface area contributed by atoms with Crippen molar-refractivity contribution in [2.45, 2.75) is 6.42 Å². The Labute approximate surface area is 154 Å². The molecular formula is C19H14ClFN4O. The predicted octanol–water partition coefficient (Wildman–Crippen LogP) is 4.22. The first-order valence-electron chi connectivity index (χ1n) is 8.06. The average Bonchev–Trinajstić information content (AvgIpc) is 3.09. The summed E-state index contributed by atoms with van der Waals surface area (Å²) in [6.45, 7) is 0.645. The summed E-state index contributed by atoms with van der Waals surface area (Å²) in [7, 11) is 0. The fourth-order valence-corrected chi connectivity index (χ4v) is 3.09. The maximum atomic E-state index is 13.2. The van der Waals surface area contributed by atoms with Gasteiger partial charge in [0, 0.05) is 30.3 Å². The van der Waals surface area contributed by atoms with Crippen LogP contribution < -0.4 is 10.2 Å². The summed E-state index contributed by atoms with van der Waals surface area (Å²) in [4.78, 5) is 22.8. The van der Waals surface area contributed by atoms with E-state index < -0.39 is 5.82 Å². The molecule has 1 aliphatic rings. The van der Waals surface area contributed by atoms with Gasteiger partial charge in [0.2, 0.25) is 5.95 Å². The van der Waals surface area contributed by atoms with Crippen molar-refractivity contribution in [1.82, 2.24) is 9.97 Å². The van der Waals surface area contributed by atoms with Crippen molar-refractivity contribution in [1.29, 1.82) is 0 Å². The average molecular weight is 369 g/mol. The SMILES string of the molecule is O=C(c1cnc(Nc2ccc(F)c(Cl)c2)nc1)N1CCc2ccccc21. The molecule has 130 valence electrons. The first-order valence-corrected chi connectivity index (χ1v) is 8.43. The number of nitrogens with zero attached hydrogens (tertiary/aromatic N) is 3. The van der Waals surface area contributed by atoms with E-state index in [1.807, 2.05) is 24.3 Å². The van der Waals surface area contributed by atoms with E-state index in [4.69, 9.17) is 11.6 Å². The van der Waals surface area contributed by atoms with E-state index in [0.717, 1.165) is 17.7 Å². The zero-order chi connectivity index (χ0) is 18.1. The molecule has 1 aromatic heterocycles. The number of hydrogen-bond donors (Lipinski definition) is 1. The molecule has 7 heteroatoms. The largest absolute Gasteiger partial charge is 0.324 e. The summed E-state index contributed by atoms with van der Waals surface area (Å²) in [5.41, 5.74) is 3.06. The Kier molecular flexibility index (Phi) is 4.26. The Morgan fingerprint density at radius 1 is 1.15 bits per heavy atom. The fourth-order valence-electron chi connectivity index (χ4n) is 2.91. The highest BCUT2D eigenvalue weighted by Gasteiger charge is 2.25. The molecule has 0 fully saturated rings. The highest BCUT2D eigenvalue weighted by atomic mass is 35.5. The third-order valence-electron chi connectivity index (χ3n) is 4.21. The van der Waals surface area contributed by atoms with Gasteiger partial charge in [0.25, 0.3) is 5.91 Å². The van der Waals surface area contributed by atoms with E-state index in [2.05, 4.69) is 15.3 Å². The number of benzene rings is 2. The topological polar surface area (TPSA) is 58.1 Å². The standard InChI is InChI=1S/C19H14ClFN4O/c20-15-9-14(5-6-16(15)21)24-19-22-10-13(11-23-19)18(26)25-8-7-12-3-1-2-4-17(12)25/h1-6,9-11H,7-8H2,(H,22,23,24). The van der Waals surface area contributed by atoms with Crippen molar-refractivity contribution in [2.24, 2.45) is 0 Å². The van der Waals surface area contributed by atoms with Crippen LogP contribution in [-0.4, -0.2) is 22.4 Å². The number of fused-ring (bicyclic) bond motifs is 1. The van der Waals surface area contributed by atoms with Crippen LogP contribution in [0.25, 0.3) is 0 Å². The molecule has 0 aliphatic carbocycles. The van der Waals surface area contributed by atoms with E-state index in [0.29, 0.717) is 23.7 Å². The summed E-state index contributed by atoms with van der Waals surface area (Å²) in [6.07, 6.45) is 3.79. The highest BCUT2D eigenvalue weighted by molar-refractivity contribution is 6.31. The molecule has 0 saturated carbocycles. The number of anilines is 3. The highest BCUT2D eigenvalue weighted by Crippen LogP contribution is 2.28. The normalized spacial score (nSPS) is 12.8. The molecular weight excluding hydrogens is 355 g/mol. The number of carbonyl (C=O) groups is 1. The van der Waals surface area contributed by atoms with Crippen LogP contribution in [0.3, 0.4) is 0 Å². The minimum Gasteiger partial charge on any atom is -0.324 e. The summed E-state index contributed by atoms with van der Waals surface area (Å²) in [5.74, 6) is -0.331. The molecule has 3 aromatic rings. The van der Waals surface area contributed by atoms with Crippen LogP contribution in [0.4, 0.5) is 21.7 Å². The van der Waals surface area contributed by atoms with E-state index in [1.165, 1.54) is 30.6 Å². The second-order valence-corrected chi connectivity index (χ2v) is 6.29. The zero-order valence-corrected chi connectivity index (χ0v) is 14.4. The second kappa shape index (κ2) is 6.72. The van der Waals surface area contributed by atoms with Gasteiger partial charge in [-0.3, -0.25) is 4.79 Å². The lowest BCUT2D eigenvalue weighted by atomic mass is 10.2. The zero-order valence-electron chi connectivity index (χ0n) is 13.6. The minimum atomic E-state index is -0.495. The maximum Gasteiger partial charge on any atom is 0.261 e. The Hall–Kier alpha value is -2.99. The number of rotatable bonds is 3. The summed E-state index contributed by atoms with van der Waals surface area (Å²) in [5, 5.41) is 2.93. The van der Waals surface area contributed by atoms with Gasteiger partial charge in [-0.15, -0.1) is 0 Å². The quantitative estimate of drug-likeness (QED) is 0.752. The molecule has 0 atom stereocenters. The number of hydrogen-bond acceptors (Lipinski definition) is 4. The molecule has 26 heavy (non-hydrogen) atoms.